The van der Waals surface area contributed by atoms with Crippen LogP contribution in [0.25, 0.3) is 11.3 Å². The molecule has 1 aromatic heterocycles. The monoisotopic (exact) mass is 404 g/mol. The number of amides is 1. The quantitative estimate of drug-likeness (QED) is 0.685. The van der Waals surface area contributed by atoms with Crippen LogP contribution < -0.4 is 4.90 Å². The molecule has 26 heavy (non-hydrogen) atoms. The van der Waals surface area contributed by atoms with Crippen molar-refractivity contribution in [2.45, 2.75) is 25.1 Å². The van der Waals surface area contributed by atoms with Crippen LogP contribution in [0.3, 0.4) is 0 Å². The minimum absolute atomic E-state index is 0.0805. The van der Waals surface area contributed by atoms with Gasteiger partial charge in [-0.25, -0.2) is 4.98 Å². The molecule has 3 rings (SSSR count). The number of hydrogen-bond donors (Lipinski definition) is 0. The first-order valence-corrected chi connectivity index (χ1v) is 9.41. The van der Waals surface area contributed by atoms with Crippen LogP contribution in [0.2, 0.25) is 0 Å². The van der Waals surface area contributed by atoms with E-state index in [2.05, 4.69) is 4.98 Å². The highest BCUT2D eigenvalue weighted by Crippen LogP contribution is 2.34. The number of ether oxygens (including phenoxy) is 1. The highest BCUT2D eigenvalue weighted by molar-refractivity contribution is 7.14. The van der Waals surface area contributed by atoms with Crippen molar-refractivity contribution in [3.05, 3.63) is 35.2 Å². The van der Waals surface area contributed by atoms with Gasteiger partial charge in [-0.3, -0.25) is 9.69 Å². The van der Waals surface area contributed by atoms with Crippen LogP contribution in [0.4, 0.5) is 18.3 Å². The summed E-state index contributed by atoms with van der Waals surface area (Å²) >= 11 is 6.89. The molecule has 1 unspecified atom stereocenters. The Kier molecular flexibility index (Phi) is 5.84. The molecule has 1 saturated heterocycles. The van der Waals surface area contributed by atoms with Crippen molar-refractivity contribution in [3.63, 3.8) is 0 Å². The van der Waals surface area contributed by atoms with Crippen LogP contribution in [-0.2, 0) is 15.7 Å². The van der Waals surface area contributed by atoms with E-state index in [-0.39, 0.29) is 17.9 Å². The lowest BCUT2D eigenvalue weighted by Crippen LogP contribution is -2.38. The van der Waals surface area contributed by atoms with Gasteiger partial charge in [0, 0.05) is 17.6 Å². The molecular weight excluding hydrogens is 389 g/mol. The van der Waals surface area contributed by atoms with Gasteiger partial charge in [-0.15, -0.1) is 22.9 Å². The summed E-state index contributed by atoms with van der Waals surface area (Å²) < 4.78 is 44.2. The number of halogens is 4. The molecule has 1 atom stereocenters. The first kappa shape index (κ1) is 19.1. The van der Waals surface area contributed by atoms with Crippen LogP contribution >= 0.6 is 22.9 Å². The van der Waals surface area contributed by atoms with Gasteiger partial charge in [-0.05, 0) is 25.0 Å². The Labute approximate surface area is 157 Å². The molecule has 0 spiro atoms. The van der Waals surface area contributed by atoms with E-state index in [1.54, 1.807) is 11.4 Å². The van der Waals surface area contributed by atoms with E-state index in [0.717, 1.165) is 25.0 Å². The maximum atomic E-state index is 12.9. The molecule has 0 N–H and O–H groups in total. The lowest BCUT2D eigenvalue weighted by atomic mass is 10.1. The summed E-state index contributed by atoms with van der Waals surface area (Å²) in [5.41, 5.74) is -0.00822. The summed E-state index contributed by atoms with van der Waals surface area (Å²) in [4.78, 5) is 18.0. The van der Waals surface area contributed by atoms with Crippen molar-refractivity contribution >= 4 is 34.0 Å². The third-order valence-corrected chi connectivity index (χ3v) is 5.13. The SMILES string of the molecule is O=C(CCl)N(CC1CCCO1)c1nc(-c2cccc(C(F)(F)F)c2)cs1. The molecule has 1 aliphatic heterocycles. The molecule has 1 aliphatic rings. The van der Waals surface area contributed by atoms with Gasteiger partial charge in [0.25, 0.3) is 0 Å². The molecular formula is C17H16ClF3N2O2S. The van der Waals surface area contributed by atoms with Crippen molar-refractivity contribution in [1.29, 1.82) is 0 Å². The Morgan fingerprint density at radius 1 is 1.42 bits per heavy atom. The maximum absolute atomic E-state index is 12.9. The number of carbonyl (C=O) groups excluding carboxylic acids is 1. The maximum Gasteiger partial charge on any atom is 0.416 e. The third-order valence-electron chi connectivity index (χ3n) is 4.03. The van der Waals surface area contributed by atoms with Crippen LogP contribution in [0, 0.1) is 0 Å². The second-order valence-electron chi connectivity index (χ2n) is 5.87. The minimum atomic E-state index is -4.42. The lowest BCUT2D eigenvalue weighted by Gasteiger charge is -2.22. The van der Waals surface area contributed by atoms with Crippen molar-refractivity contribution in [2.24, 2.45) is 0 Å². The molecule has 9 heteroatoms. The summed E-state index contributed by atoms with van der Waals surface area (Å²) in [7, 11) is 0. The van der Waals surface area contributed by atoms with E-state index < -0.39 is 11.7 Å². The average Bonchev–Trinajstić information content (AvgIpc) is 3.30. The highest BCUT2D eigenvalue weighted by Gasteiger charge is 2.31. The Bertz CT molecular complexity index is 775. The Morgan fingerprint density at radius 3 is 2.88 bits per heavy atom. The van der Waals surface area contributed by atoms with Gasteiger partial charge in [0.05, 0.1) is 23.9 Å². The molecule has 1 fully saturated rings. The Balaban J connectivity index is 1.85. The fourth-order valence-electron chi connectivity index (χ4n) is 2.73. The Hall–Kier alpha value is -1.64. The van der Waals surface area contributed by atoms with Crippen molar-refractivity contribution in [3.8, 4) is 11.3 Å². The van der Waals surface area contributed by atoms with Crippen molar-refractivity contribution in [2.75, 3.05) is 23.9 Å². The van der Waals surface area contributed by atoms with Crippen LogP contribution in [0.5, 0.6) is 0 Å². The number of nitrogens with zero attached hydrogens (tertiary/aromatic N) is 2. The summed E-state index contributed by atoms with van der Waals surface area (Å²) in [6.45, 7) is 0.988. The first-order chi connectivity index (χ1) is 12.4. The van der Waals surface area contributed by atoms with E-state index in [0.29, 0.717) is 29.5 Å². The largest absolute Gasteiger partial charge is 0.416 e. The van der Waals surface area contributed by atoms with Gasteiger partial charge in [-0.1, -0.05) is 12.1 Å². The minimum Gasteiger partial charge on any atom is -0.376 e. The van der Waals surface area contributed by atoms with E-state index >= 15 is 0 Å². The standard InChI is InChI=1S/C17H16ClF3N2O2S/c18-8-15(24)23(9-13-5-2-6-25-13)16-22-14(10-26-16)11-3-1-4-12(7-11)17(19,20)21/h1,3-4,7,10,13H,2,5-6,8-9H2. The molecule has 1 amide bonds. The molecule has 1 aromatic carbocycles. The molecule has 0 bridgehead atoms. The summed E-state index contributed by atoms with van der Waals surface area (Å²) in [5, 5.41) is 2.04. The van der Waals surface area contributed by atoms with E-state index in [4.69, 9.17) is 16.3 Å². The number of aromatic nitrogens is 1. The second kappa shape index (κ2) is 7.94. The highest BCUT2D eigenvalue weighted by atomic mass is 35.5. The molecule has 0 aliphatic carbocycles. The summed E-state index contributed by atoms with van der Waals surface area (Å²) in [5.74, 6) is -0.516. The average molecular weight is 405 g/mol. The predicted octanol–water partition coefficient (Wildman–Crippen LogP) is 4.58. The fraction of sp³-hybridized carbons (Fsp3) is 0.412. The molecule has 140 valence electrons. The third kappa shape index (κ3) is 4.36. The molecule has 4 nitrogen and oxygen atoms in total. The number of carbonyl (C=O) groups is 1. The zero-order chi connectivity index (χ0) is 18.7. The van der Waals surface area contributed by atoms with Gasteiger partial charge < -0.3 is 4.74 Å². The van der Waals surface area contributed by atoms with Gasteiger partial charge in [0.15, 0.2) is 5.13 Å². The first-order valence-electron chi connectivity index (χ1n) is 7.99. The normalized spacial score (nSPS) is 17.5. The number of anilines is 1. The van der Waals surface area contributed by atoms with E-state index in [1.165, 1.54) is 22.3 Å². The molecule has 2 heterocycles. The number of alkyl halides is 4. The lowest BCUT2D eigenvalue weighted by molar-refractivity contribution is -0.137. The zero-order valence-corrected chi connectivity index (χ0v) is 15.2. The second-order valence-corrected chi connectivity index (χ2v) is 6.97. The molecule has 0 radical (unpaired) electrons. The number of hydrogen-bond acceptors (Lipinski definition) is 4. The number of rotatable bonds is 5. The number of benzene rings is 1. The molecule has 2 aromatic rings. The summed E-state index contributed by atoms with van der Waals surface area (Å²) in [6.07, 6.45) is -2.73. The van der Waals surface area contributed by atoms with Crippen LogP contribution in [0.1, 0.15) is 18.4 Å². The van der Waals surface area contributed by atoms with Gasteiger partial charge in [0.1, 0.15) is 5.88 Å². The smallest absolute Gasteiger partial charge is 0.376 e. The van der Waals surface area contributed by atoms with E-state index in [9.17, 15) is 18.0 Å². The Morgan fingerprint density at radius 2 is 2.23 bits per heavy atom. The van der Waals surface area contributed by atoms with Crippen molar-refractivity contribution in [1.82, 2.24) is 4.98 Å². The van der Waals surface area contributed by atoms with E-state index in [1.807, 2.05) is 0 Å². The molecule has 0 saturated carbocycles. The summed E-state index contributed by atoms with van der Waals surface area (Å²) in [6, 6.07) is 4.96. The van der Waals surface area contributed by atoms with Crippen molar-refractivity contribution < 1.29 is 22.7 Å². The predicted molar refractivity (Wildman–Crippen MR) is 94.6 cm³/mol. The van der Waals surface area contributed by atoms with Gasteiger partial charge in [0.2, 0.25) is 5.91 Å². The fourth-order valence-corrected chi connectivity index (χ4v) is 3.73. The van der Waals surface area contributed by atoms with Crippen LogP contribution in [0.15, 0.2) is 29.6 Å². The topological polar surface area (TPSA) is 42.4 Å². The number of thiazole rings is 1. The zero-order valence-electron chi connectivity index (χ0n) is 13.6. The van der Waals surface area contributed by atoms with Crippen LogP contribution in [-0.4, -0.2) is 36.0 Å². The van der Waals surface area contributed by atoms with Gasteiger partial charge >= 0.3 is 6.18 Å². The van der Waals surface area contributed by atoms with Gasteiger partial charge in [-0.2, -0.15) is 13.2 Å².